The topological polar surface area (TPSA) is 56.1 Å². The zero-order valence-electron chi connectivity index (χ0n) is 17.3. The molecule has 6 heteroatoms. The van der Waals surface area contributed by atoms with Crippen LogP contribution in [0.5, 0.6) is 5.75 Å². The van der Waals surface area contributed by atoms with Gasteiger partial charge in [0.25, 0.3) is 0 Å². The highest BCUT2D eigenvalue weighted by Crippen LogP contribution is 2.26. The van der Waals surface area contributed by atoms with E-state index >= 15 is 0 Å². The number of methoxy groups -OCH3 is 1. The average molecular weight is 410 g/mol. The second-order valence-corrected chi connectivity index (χ2v) is 8.33. The molecule has 1 heterocycles. The van der Waals surface area contributed by atoms with Crippen LogP contribution < -0.4 is 10.1 Å². The molecule has 5 nitrogen and oxygen atoms in total. The van der Waals surface area contributed by atoms with E-state index in [1.807, 2.05) is 42.0 Å². The Hall–Kier alpha value is -2.73. The van der Waals surface area contributed by atoms with Crippen molar-refractivity contribution in [1.82, 2.24) is 14.9 Å². The van der Waals surface area contributed by atoms with Gasteiger partial charge in [0.1, 0.15) is 5.75 Å². The van der Waals surface area contributed by atoms with Gasteiger partial charge in [-0.2, -0.15) is 0 Å². The quantitative estimate of drug-likeness (QED) is 0.563. The van der Waals surface area contributed by atoms with Gasteiger partial charge >= 0.3 is 0 Å². The fraction of sp³-hybridized carbons (Fsp3) is 0.304. The van der Waals surface area contributed by atoms with E-state index in [2.05, 4.69) is 42.3 Å². The van der Waals surface area contributed by atoms with Crippen LogP contribution in [0.25, 0.3) is 5.69 Å². The second-order valence-electron chi connectivity index (χ2n) is 7.02. The number of ether oxygens (including phenoxy) is 1. The van der Waals surface area contributed by atoms with E-state index in [9.17, 15) is 4.79 Å². The molecule has 29 heavy (non-hydrogen) atoms. The minimum Gasteiger partial charge on any atom is -0.497 e. The molecule has 0 saturated carbocycles. The Morgan fingerprint density at radius 3 is 2.69 bits per heavy atom. The Bertz CT molecular complexity index is 967. The van der Waals surface area contributed by atoms with Crippen molar-refractivity contribution < 1.29 is 9.53 Å². The first-order valence-electron chi connectivity index (χ1n) is 9.66. The molecule has 0 aliphatic heterocycles. The Morgan fingerprint density at radius 2 is 1.97 bits per heavy atom. The number of imidazole rings is 1. The van der Waals surface area contributed by atoms with Crippen molar-refractivity contribution in [3.63, 3.8) is 0 Å². The maximum absolute atomic E-state index is 12.5. The van der Waals surface area contributed by atoms with E-state index in [1.54, 1.807) is 13.3 Å². The minimum atomic E-state index is -0.239. The maximum atomic E-state index is 12.5. The van der Waals surface area contributed by atoms with Crippen LogP contribution >= 0.6 is 11.8 Å². The zero-order valence-corrected chi connectivity index (χ0v) is 18.1. The summed E-state index contributed by atoms with van der Waals surface area (Å²) < 4.78 is 7.22. The fourth-order valence-corrected chi connectivity index (χ4v) is 3.92. The molecule has 0 radical (unpaired) electrons. The van der Waals surface area contributed by atoms with E-state index < -0.39 is 0 Å². The smallest absolute Gasteiger partial charge is 0.233 e. The van der Waals surface area contributed by atoms with Crippen LogP contribution in [0.15, 0.2) is 60.0 Å². The molecule has 0 aliphatic rings. The Balaban J connectivity index is 1.57. The molecule has 1 unspecified atom stereocenters. The van der Waals surface area contributed by atoms with Gasteiger partial charge in [0.05, 0.1) is 18.0 Å². The predicted octanol–water partition coefficient (Wildman–Crippen LogP) is 4.34. The molecular formula is C23H27N3O2S. The Morgan fingerprint density at radius 1 is 1.21 bits per heavy atom. The normalized spacial score (nSPS) is 11.9. The van der Waals surface area contributed by atoms with Gasteiger partial charge in [0, 0.05) is 18.9 Å². The van der Waals surface area contributed by atoms with Gasteiger partial charge in [-0.25, -0.2) is 4.98 Å². The van der Waals surface area contributed by atoms with Gasteiger partial charge < -0.3 is 10.1 Å². The number of benzene rings is 2. The van der Waals surface area contributed by atoms with Gasteiger partial charge in [0.15, 0.2) is 5.16 Å². The van der Waals surface area contributed by atoms with Crippen molar-refractivity contribution in [3.05, 3.63) is 71.5 Å². The number of amides is 1. The molecule has 0 aliphatic carbocycles. The van der Waals surface area contributed by atoms with E-state index in [-0.39, 0.29) is 11.2 Å². The molecule has 0 fully saturated rings. The van der Waals surface area contributed by atoms with Crippen LogP contribution in [0.2, 0.25) is 0 Å². The van der Waals surface area contributed by atoms with Crippen molar-refractivity contribution in [2.24, 2.45) is 0 Å². The summed E-state index contributed by atoms with van der Waals surface area (Å²) in [6.07, 6.45) is 4.50. The average Bonchev–Trinajstić information content (AvgIpc) is 3.18. The summed E-state index contributed by atoms with van der Waals surface area (Å²) in [5, 5.41) is 3.60. The van der Waals surface area contributed by atoms with E-state index in [0.717, 1.165) is 28.6 Å². The van der Waals surface area contributed by atoms with Crippen molar-refractivity contribution in [3.8, 4) is 11.4 Å². The summed E-state index contributed by atoms with van der Waals surface area (Å²) in [6.45, 7) is 6.67. The van der Waals surface area contributed by atoms with Crippen molar-refractivity contribution in [2.75, 3.05) is 13.7 Å². The van der Waals surface area contributed by atoms with Crippen LogP contribution in [-0.2, 0) is 11.2 Å². The van der Waals surface area contributed by atoms with E-state index in [4.69, 9.17) is 4.74 Å². The molecule has 1 amide bonds. The molecule has 1 aromatic heterocycles. The van der Waals surface area contributed by atoms with E-state index in [1.165, 1.54) is 22.9 Å². The number of rotatable bonds is 8. The summed E-state index contributed by atoms with van der Waals surface area (Å²) >= 11 is 1.47. The number of aromatic nitrogens is 2. The Kier molecular flexibility index (Phi) is 6.99. The first kappa shape index (κ1) is 21.0. The molecule has 0 saturated heterocycles. The lowest BCUT2D eigenvalue weighted by atomic mass is 10.1. The molecule has 1 N–H and O–H groups in total. The number of hydrogen-bond donors (Lipinski definition) is 1. The predicted molar refractivity (Wildman–Crippen MR) is 118 cm³/mol. The second kappa shape index (κ2) is 9.65. The van der Waals surface area contributed by atoms with Gasteiger partial charge in [-0.3, -0.25) is 9.36 Å². The number of nitrogens with one attached hydrogen (secondary N) is 1. The summed E-state index contributed by atoms with van der Waals surface area (Å²) in [4.78, 5) is 17.0. The third-order valence-electron chi connectivity index (χ3n) is 4.75. The monoisotopic (exact) mass is 409 g/mol. The number of carbonyl (C=O) groups is 1. The lowest BCUT2D eigenvalue weighted by Crippen LogP contribution is -2.32. The third-order valence-corrected chi connectivity index (χ3v) is 5.83. The lowest BCUT2D eigenvalue weighted by Gasteiger charge is -2.15. The molecular weight excluding hydrogens is 382 g/mol. The van der Waals surface area contributed by atoms with Gasteiger partial charge in [0.2, 0.25) is 5.91 Å². The van der Waals surface area contributed by atoms with Gasteiger partial charge in [-0.1, -0.05) is 36.0 Å². The first-order chi connectivity index (χ1) is 14.0. The molecule has 0 bridgehead atoms. The highest BCUT2D eigenvalue weighted by Gasteiger charge is 2.18. The van der Waals surface area contributed by atoms with Crippen molar-refractivity contribution >= 4 is 17.7 Å². The Labute approximate surface area is 176 Å². The maximum Gasteiger partial charge on any atom is 0.233 e. The number of hydrogen-bond acceptors (Lipinski definition) is 4. The summed E-state index contributed by atoms with van der Waals surface area (Å²) in [5.74, 6) is 0.848. The SMILES string of the molecule is COc1ccc(CCNC(=O)C(C)Sc2nccn2-c2cc(C)ccc2C)cc1. The molecule has 152 valence electrons. The third kappa shape index (κ3) is 5.41. The van der Waals surface area contributed by atoms with Crippen LogP contribution in [0.3, 0.4) is 0 Å². The highest BCUT2D eigenvalue weighted by atomic mass is 32.2. The molecule has 0 spiro atoms. The van der Waals surface area contributed by atoms with Gasteiger partial charge in [-0.05, 0) is 62.1 Å². The standard InChI is InChI=1S/C23H27N3O2S/c1-16-5-6-17(2)21(15-16)26-14-13-25-23(26)29-18(3)22(27)24-12-11-19-7-9-20(28-4)10-8-19/h5-10,13-15,18H,11-12H2,1-4H3,(H,24,27). The number of nitrogens with zero attached hydrogens (tertiary/aromatic N) is 2. The first-order valence-corrected chi connectivity index (χ1v) is 10.5. The van der Waals surface area contributed by atoms with E-state index in [0.29, 0.717) is 6.54 Å². The number of thioether (sulfide) groups is 1. The summed E-state index contributed by atoms with van der Waals surface area (Å²) in [6, 6.07) is 14.2. The van der Waals surface area contributed by atoms with Crippen LogP contribution in [0.4, 0.5) is 0 Å². The summed E-state index contributed by atoms with van der Waals surface area (Å²) in [5.41, 5.74) is 4.63. The molecule has 1 atom stereocenters. The highest BCUT2D eigenvalue weighted by molar-refractivity contribution is 8.00. The van der Waals surface area contributed by atoms with Crippen molar-refractivity contribution in [1.29, 1.82) is 0 Å². The largest absolute Gasteiger partial charge is 0.497 e. The van der Waals surface area contributed by atoms with Crippen LogP contribution in [0.1, 0.15) is 23.6 Å². The van der Waals surface area contributed by atoms with Gasteiger partial charge in [-0.15, -0.1) is 0 Å². The zero-order chi connectivity index (χ0) is 20.8. The number of carbonyl (C=O) groups excluding carboxylic acids is 1. The number of aryl methyl sites for hydroxylation is 2. The summed E-state index contributed by atoms with van der Waals surface area (Å²) in [7, 11) is 1.65. The van der Waals surface area contributed by atoms with Crippen LogP contribution in [-0.4, -0.2) is 34.4 Å². The molecule has 3 rings (SSSR count). The minimum absolute atomic E-state index is 0.0130. The fourth-order valence-electron chi connectivity index (χ4n) is 3.02. The van der Waals surface area contributed by atoms with Crippen LogP contribution in [0, 0.1) is 13.8 Å². The molecule has 2 aromatic carbocycles. The van der Waals surface area contributed by atoms with Crippen molar-refractivity contribution in [2.45, 2.75) is 37.6 Å². The lowest BCUT2D eigenvalue weighted by molar-refractivity contribution is -0.120. The molecule has 3 aromatic rings.